The van der Waals surface area contributed by atoms with Gasteiger partial charge in [0.15, 0.2) is 9.84 Å². The number of sulfone groups is 1. The summed E-state index contributed by atoms with van der Waals surface area (Å²) in [6, 6.07) is 2.76. The fourth-order valence-electron chi connectivity index (χ4n) is 2.00. The maximum absolute atomic E-state index is 13.7. The van der Waals surface area contributed by atoms with Crippen LogP contribution >= 0.6 is 0 Å². The maximum Gasteiger partial charge on any atom is 0.243 e. The van der Waals surface area contributed by atoms with Crippen molar-refractivity contribution in [2.24, 2.45) is 5.92 Å². The van der Waals surface area contributed by atoms with Crippen molar-refractivity contribution in [2.45, 2.75) is 35.5 Å². The Kier molecular flexibility index (Phi) is 4.69. The summed E-state index contributed by atoms with van der Waals surface area (Å²) in [5, 5.41) is 0. The van der Waals surface area contributed by atoms with Gasteiger partial charge in [0.05, 0.1) is 4.90 Å². The molecule has 0 aliphatic heterocycles. The lowest BCUT2D eigenvalue weighted by Gasteiger charge is -2.09. The Morgan fingerprint density at radius 3 is 2.48 bits per heavy atom. The molecule has 1 N–H and O–H groups in total. The Bertz CT molecular complexity index is 725. The number of nitrogens with one attached hydrogen (secondary N) is 1. The van der Waals surface area contributed by atoms with Gasteiger partial charge in [0.25, 0.3) is 0 Å². The standard InChI is InChI=1S/C13H18FNO4S2/c1-20(16,17)11-6-7-12(14)13(9-11)21(18,19)15-8-2-3-10-4-5-10/h6-7,9-10,15H,2-5,8H2,1H3. The fraction of sp³-hybridized carbons (Fsp3) is 0.538. The molecular formula is C13H18FNO4S2. The molecule has 0 bridgehead atoms. The summed E-state index contributed by atoms with van der Waals surface area (Å²) in [6.07, 6.45) is 4.97. The highest BCUT2D eigenvalue weighted by atomic mass is 32.2. The van der Waals surface area contributed by atoms with Crippen molar-refractivity contribution in [3.8, 4) is 0 Å². The first-order chi connectivity index (χ1) is 9.70. The lowest BCUT2D eigenvalue weighted by atomic mass is 10.2. The van der Waals surface area contributed by atoms with E-state index in [0.29, 0.717) is 12.3 Å². The zero-order chi connectivity index (χ0) is 15.7. The molecule has 0 spiro atoms. The minimum atomic E-state index is -4.04. The number of benzene rings is 1. The number of hydrogen-bond donors (Lipinski definition) is 1. The average molecular weight is 335 g/mol. The van der Waals surface area contributed by atoms with Crippen LogP contribution in [0.3, 0.4) is 0 Å². The molecule has 1 fully saturated rings. The van der Waals surface area contributed by atoms with Crippen LogP contribution in [-0.4, -0.2) is 29.6 Å². The summed E-state index contributed by atoms with van der Waals surface area (Å²) in [5.41, 5.74) is 0. The van der Waals surface area contributed by atoms with Crippen LogP contribution in [0, 0.1) is 11.7 Å². The Balaban J connectivity index is 2.13. The molecule has 0 atom stereocenters. The molecule has 21 heavy (non-hydrogen) atoms. The molecule has 1 aliphatic carbocycles. The molecule has 0 unspecified atom stereocenters. The molecule has 1 saturated carbocycles. The van der Waals surface area contributed by atoms with E-state index in [-0.39, 0.29) is 11.4 Å². The van der Waals surface area contributed by atoms with E-state index in [1.807, 2.05) is 0 Å². The van der Waals surface area contributed by atoms with Crippen molar-refractivity contribution < 1.29 is 21.2 Å². The van der Waals surface area contributed by atoms with Crippen molar-refractivity contribution in [3.05, 3.63) is 24.0 Å². The van der Waals surface area contributed by atoms with Crippen LogP contribution in [0.15, 0.2) is 28.0 Å². The normalized spacial score (nSPS) is 16.1. The highest BCUT2D eigenvalue weighted by Gasteiger charge is 2.23. The molecule has 0 amide bonds. The quantitative estimate of drug-likeness (QED) is 0.607. The predicted molar refractivity (Wildman–Crippen MR) is 76.7 cm³/mol. The number of halogens is 1. The summed E-state index contributed by atoms with van der Waals surface area (Å²) in [4.78, 5) is -0.848. The largest absolute Gasteiger partial charge is 0.243 e. The number of hydrogen-bond acceptors (Lipinski definition) is 4. The summed E-state index contributed by atoms with van der Waals surface area (Å²) >= 11 is 0. The summed E-state index contributed by atoms with van der Waals surface area (Å²) in [5.74, 6) is -0.267. The van der Waals surface area contributed by atoms with Crippen LogP contribution in [0.2, 0.25) is 0 Å². The van der Waals surface area contributed by atoms with Crippen LogP contribution in [0.4, 0.5) is 4.39 Å². The zero-order valence-electron chi connectivity index (χ0n) is 11.7. The second-order valence-corrected chi connectivity index (χ2v) is 9.10. The van der Waals surface area contributed by atoms with E-state index >= 15 is 0 Å². The van der Waals surface area contributed by atoms with Crippen LogP contribution < -0.4 is 4.72 Å². The van der Waals surface area contributed by atoms with Gasteiger partial charge in [-0.2, -0.15) is 0 Å². The van der Waals surface area contributed by atoms with Crippen molar-refractivity contribution in [2.75, 3.05) is 12.8 Å². The maximum atomic E-state index is 13.7. The lowest BCUT2D eigenvalue weighted by Crippen LogP contribution is -2.26. The van der Waals surface area contributed by atoms with Gasteiger partial charge in [0, 0.05) is 12.8 Å². The van der Waals surface area contributed by atoms with Gasteiger partial charge in [-0.1, -0.05) is 12.8 Å². The molecule has 0 radical (unpaired) electrons. The first-order valence-electron chi connectivity index (χ1n) is 6.69. The van der Waals surface area contributed by atoms with E-state index in [2.05, 4.69) is 4.72 Å². The van der Waals surface area contributed by atoms with Crippen molar-refractivity contribution in [1.82, 2.24) is 4.72 Å². The third-order valence-electron chi connectivity index (χ3n) is 3.40. The molecule has 2 rings (SSSR count). The topological polar surface area (TPSA) is 80.3 Å². The van der Waals surface area contributed by atoms with Crippen LogP contribution in [-0.2, 0) is 19.9 Å². The number of sulfonamides is 1. The van der Waals surface area contributed by atoms with E-state index in [1.54, 1.807) is 0 Å². The molecule has 1 aromatic rings. The zero-order valence-corrected chi connectivity index (χ0v) is 13.3. The van der Waals surface area contributed by atoms with Crippen molar-refractivity contribution in [1.29, 1.82) is 0 Å². The summed E-state index contributed by atoms with van der Waals surface area (Å²) in [7, 11) is -7.63. The van der Waals surface area contributed by atoms with Gasteiger partial charge in [-0.25, -0.2) is 25.9 Å². The SMILES string of the molecule is CS(=O)(=O)c1ccc(F)c(S(=O)(=O)NCCCC2CC2)c1. The first-order valence-corrected chi connectivity index (χ1v) is 10.1. The minimum Gasteiger partial charge on any atom is -0.224 e. The van der Waals surface area contributed by atoms with Crippen LogP contribution in [0.5, 0.6) is 0 Å². The van der Waals surface area contributed by atoms with Gasteiger partial charge in [0.2, 0.25) is 10.0 Å². The second kappa shape index (κ2) is 6.02. The highest BCUT2D eigenvalue weighted by molar-refractivity contribution is 7.91. The summed E-state index contributed by atoms with van der Waals surface area (Å²) in [6.45, 7) is 0.224. The van der Waals surface area contributed by atoms with E-state index in [1.165, 1.54) is 12.8 Å². The molecule has 0 heterocycles. The Morgan fingerprint density at radius 1 is 1.24 bits per heavy atom. The van der Waals surface area contributed by atoms with Crippen LogP contribution in [0.25, 0.3) is 0 Å². The Morgan fingerprint density at radius 2 is 1.90 bits per heavy atom. The lowest BCUT2D eigenvalue weighted by molar-refractivity contribution is 0.550. The van der Waals surface area contributed by atoms with Gasteiger partial charge in [0.1, 0.15) is 10.7 Å². The van der Waals surface area contributed by atoms with Gasteiger partial charge in [-0.3, -0.25) is 0 Å². The van der Waals surface area contributed by atoms with Gasteiger partial charge in [-0.15, -0.1) is 0 Å². The highest BCUT2D eigenvalue weighted by Crippen LogP contribution is 2.33. The Hall–Kier alpha value is -0.990. The second-order valence-electron chi connectivity index (χ2n) is 5.35. The van der Waals surface area contributed by atoms with Gasteiger partial charge in [-0.05, 0) is 37.0 Å². The van der Waals surface area contributed by atoms with E-state index in [0.717, 1.165) is 30.9 Å². The van der Waals surface area contributed by atoms with Gasteiger partial charge >= 0.3 is 0 Å². The molecule has 8 heteroatoms. The first kappa shape index (κ1) is 16.4. The average Bonchev–Trinajstić information content (AvgIpc) is 3.17. The van der Waals surface area contributed by atoms with Gasteiger partial charge < -0.3 is 0 Å². The molecule has 5 nitrogen and oxygen atoms in total. The summed E-state index contributed by atoms with van der Waals surface area (Å²) < 4.78 is 63.0. The van der Waals surface area contributed by atoms with E-state index < -0.39 is 30.6 Å². The predicted octanol–water partition coefficient (Wildman–Crippen LogP) is 1.70. The van der Waals surface area contributed by atoms with Crippen molar-refractivity contribution >= 4 is 19.9 Å². The molecule has 0 aromatic heterocycles. The molecule has 1 aliphatic rings. The molecule has 1 aromatic carbocycles. The molecule has 118 valence electrons. The van der Waals surface area contributed by atoms with Crippen LogP contribution in [0.1, 0.15) is 25.7 Å². The number of rotatable bonds is 7. The van der Waals surface area contributed by atoms with E-state index in [4.69, 9.17) is 0 Å². The minimum absolute atomic E-state index is 0.220. The van der Waals surface area contributed by atoms with E-state index in [9.17, 15) is 21.2 Å². The molecule has 0 saturated heterocycles. The fourth-order valence-corrected chi connectivity index (χ4v) is 3.90. The third-order valence-corrected chi connectivity index (χ3v) is 5.98. The Labute approximate surface area is 124 Å². The van der Waals surface area contributed by atoms with Crippen molar-refractivity contribution in [3.63, 3.8) is 0 Å². The third kappa shape index (κ3) is 4.49. The smallest absolute Gasteiger partial charge is 0.224 e. The monoisotopic (exact) mass is 335 g/mol. The molecular weight excluding hydrogens is 317 g/mol.